The van der Waals surface area contributed by atoms with Gasteiger partial charge in [-0.05, 0) is 37.8 Å². The summed E-state index contributed by atoms with van der Waals surface area (Å²) in [5.41, 5.74) is 2.16. The van der Waals surface area contributed by atoms with Crippen LogP contribution in [0.3, 0.4) is 0 Å². The Kier molecular flexibility index (Phi) is 5.24. The second kappa shape index (κ2) is 6.79. The van der Waals surface area contributed by atoms with Gasteiger partial charge in [-0.25, -0.2) is 8.42 Å². The van der Waals surface area contributed by atoms with Crippen molar-refractivity contribution < 1.29 is 13.2 Å². The summed E-state index contributed by atoms with van der Waals surface area (Å²) in [4.78, 5) is 12.5. The maximum absolute atomic E-state index is 12.5. The van der Waals surface area contributed by atoms with E-state index in [-0.39, 0.29) is 11.9 Å². The first-order valence-electron chi connectivity index (χ1n) is 7.63. The molecule has 6 heteroatoms. The number of benzene rings is 1. The standard InChI is InChI=1S/C16H24N2O3S/c1-12-8-4-5-9-14(12)13(2)17-16(19)15-10-6-7-11-18(15)22(3,20)21/h4-5,8-9,13,15H,6-7,10-11H2,1-3H3,(H,17,19). The third kappa shape index (κ3) is 3.87. The molecule has 0 spiro atoms. The van der Waals surface area contributed by atoms with E-state index in [4.69, 9.17) is 0 Å². The number of amides is 1. The molecule has 1 saturated heterocycles. The van der Waals surface area contributed by atoms with Crippen LogP contribution in [0.4, 0.5) is 0 Å². The van der Waals surface area contributed by atoms with Crippen molar-refractivity contribution in [2.45, 2.75) is 45.2 Å². The van der Waals surface area contributed by atoms with Gasteiger partial charge in [0.1, 0.15) is 6.04 Å². The van der Waals surface area contributed by atoms with Crippen LogP contribution < -0.4 is 5.32 Å². The molecule has 1 fully saturated rings. The Hall–Kier alpha value is -1.40. The maximum atomic E-state index is 12.5. The number of carbonyl (C=O) groups is 1. The van der Waals surface area contributed by atoms with Crippen LogP contribution >= 0.6 is 0 Å². The van der Waals surface area contributed by atoms with Gasteiger partial charge in [-0.15, -0.1) is 0 Å². The number of aryl methyl sites for hydroxylation is 1. The monoisotopic (exact) mass is 324 g/mol. The molecule has 2 atom stereocenters. The molecule has 0 aliphatic carbocycles. The van der Waals surface area contributed by atoms with Gasteiger partial charge in [0.05, 0.1) is 12.3 Å². The van der Waals surface area contributed by atoms with E-state index in [1.54, 1.807) is 0 Å². The average molecular weight is 324 g/mol. The van der Waals surface area contributed by atoms with Gasteiger partial charge in [0.2, 0.25) is 15.9 Å². The zero-order valence-corrected chi connectivity index (χ0v) is 14.2. The van der Waals surface area contributed by atoms with Crippen LogP contribution in [0.25, 0.3) is 0 Å². The number of nitrogens with zero attached hydrogens (tertiary/aromatic N) is 1. The van der Waals surface area contributed by atoms with Gasteiger partial charge < -0.3 is 5.32 Å². The van der Waals surface area contributed by atoms with Crippen molar-refractivity contribution in [3.63, 3.8) is 0 Å². The molecular weight excluding hydrogens is 300 g/mol. The molecule has 1 amide bonds. The predicted octanol–water partition coefficient (Wildman–Crippen LogP) is 1.99. The maximum Gasteiger partial charge on any atom is 0.238 e. The smallest absolute Gasteiger partial charge is 0.238 e. The highest BCUT2D eigenvalue weighted by molar-refractivity contribution is 7.88. The second-order valence-corrected chi connectivity index (χ2v) is 7.91. The first kappa shape index (κ1) is 17.0. The van der Waals surface area contributed by atoms with Crippen LogP contribution in [0.15, 0.2) is 24.3 Å². The summed E-state index contributed by atoms with van der Waals surface area (Å²) in [6.45, 7) is 4.35. The molecule has 2 rings (SSSR count). The van der Waals surface area contributed by atoms with Crippen LogP contribution in [0, 0.1) is 6.92 Å². The lowest BCUT2D eigenvalue weighted by atomic mass is 10.0. The summed E-state index contributed by atoms with van der Waals surface area (Å²) in [5.74, 6) is -0.208. The van der Waals surface area contributed by atoms with Crippen LogP contribution in [0.1, 0.15) is 43.4 Å². The number of hydrogen-bond donors (Lipinski definition) is 1. The van der Waals surface area contributed by atoms with E-state index in [0.29, 0.717) is 13.0 Å². The number of nitrogens with one attached hydrogen (secondary N) is 1. The van der Waals surface area contributed by atoms with E-state index in [2.05, 4.69) is 5.32 Å². The van der Waals surface area contributed by atoms with Crippen LogP contribution in [-0.2, 0) is 14.8 Å². The van der Waals surface area contributed by atoms with Crippen molar-refractivity contribution in [1.29, 1.82) is 0 Å². The van der Waals surface area contributed by atoms with Crippen molar-refractivity contribution in [2.24, 2.45) is 0 Å². The lowest BCUT2D eigenvalue weighted by Crippen LogP contribution is -2.51. The summed E-state index contributed by atoms with van der Waals surface area (Å²) in [5, 5.41) is 2.96. The van der Waals surface area contributed by atoms with Gasteiger partial charge in [0.25, 0.3) is 0 Å². The molecule has 0 aromatic heterocycles. The Bertz CT molecular complexity index is 643. The summed E-state index contributed by atoms with van der Waals surface area (Å²) in [6, 6.07) is 7.15. The largest absolute Gasteiger partial charge is 0.348 e. The molecule has 2 unspecified atom stereocenters. The number of rotatable bonds is 4. The molecule has 22 heavy (non-hydrogen) atoms. The number of hydrogen-bond acceptors (Lipinski definition) is 3. The van der Waals surface area contributed by atoms with Crippen molar-refractivity contribution in [3.05, 3.63) is 35.4 Å². The van der Waals surface area contributed by atoms with Crippen molar-refractivity contribution in [1.82, 2.24) is 9.62 Å². The van der Waals surface area contributed by atoms with Gasteiger partial charge >= 0.3 is 0 Å². The summed E-state index contributed by atoms with van der Waals surface area (Å²) in [7, 11) is -3.36. The molecule has 1 aromatic rings. The van der Waals surface area contributed by atoms with Gasteiger partial charge in [-0.2, -0.15) is 4.31 Å². The fourth-order valence-electron chi connectivity index (χ4n) is 3.02. The first-order chi connectivity index (χ1) is 10.3. The molecule has 0 saturated carbocycles. The fourth-order valence-corrected chi connectivity index (χ4v) is 4.15. The molecule has 0 bridgehead atoms. The number of sulfonamides is 1. The van der Waals surface area contributed by atoms with E-state index in [1.165, 1.54) is 10.6 Å². The third-order valence-electron chi connectivity index (χ3n) is 4.20. The average Bonchev–Trinajstić information content (AvgIpc) is 2.46. The summed E-state index contributed by atoms with van der Waals surface area (Å²) < 4.78 is 25.0. The molecule has 1 aliphatic heterocycles. The lowest BCUT2D eigenvalue weighted by molar-refractivity contribution is -0.126. The quantitative estimate of drug-likeness (QED) is 0.921. The summed E-state index contributed by atoms with van der Waals surface area (Å²) >= 11 is 0. The Balaban J connectivity index is 2.12. The Morgan fingerprint density at radius 3 is 2.64 bits per heavy atom. The van der Waals surface area contributed by atoms with Crippen molar-refractivity contribution in [2.75, 3.05) is 12.8 Å². The van der Waals surface area contributed by atoms with E-state index >= 15 is 0 Å². The summed E-state index contributed by atoms with van der Waals surface area (Å²) in [6.07, 6.45) is 3.44. The Morgan fingerprint density at radius 1 is 1.32 bits per heavy atom. The van der Waals surface area contributed by atoms with E-state index in [0.717, 1.165) is 24.0 Å². The molecule has 5 nitrogen and oxygen atoms in total. The van der Waals surface area contributed by atoms with Gasteiger partial charge in [0.15, 0.2) is 0 Å². The minimum Gasteiger partial charge on any atom is -0.348 e. The number of carbonyl (C=O) groups excluding carboxylic acids is 1. The van der Waals surface area contributed by atoms with E-state index in [1.807, 2.05) is 38.1 Å². The predicted molar refractivity (Wildman–Crippen MR) is 86.9 cm³/mol. The highest BCUT2D eigenvalue weighted by Crippen LogP contribution is 2.22. The van der Waals surface area contributed by atoms with Crippen molar-refractivity contribution in [3.8, 4) is 0 Å². The lowest BCUT2D eigenvalue weighted by Gasteiger charge is -2.33. The van der Waals surface area contributed by atoms with E-state index in [9.17, 15) is 13.2 Å². The molecule has 0 radical (unpaired) electrons. The molecule has 122 valence electrons. The van der Waals surface area contributed by atoms with Gasteiger partial charge in [-0.1, -0.05) is 30.7 Å². The second-order valence-electron chi connectivity index (χ2n) is 5.97. The Morgan fingerprint density at radius 2 is 2.00 bits per heavy atom. The van der Waals surface area contributed by atoms with Gasteiger partial charge in [-0.3, -0.25) is 4.79 Å². The molecule has 1 N–H and O–H groups in total. The molecule has 1 heterocycles. The highest BCUT2D eigenvalue weighted by atomic mass is 32.2. The minimum atomic E-state index is -3.36. The Labute approximate surface area is 132 Å². The topological polar surface area (TPSA) is 66.5 Å². The highest BCUT2D eigenvalue weighted by Gasteiger charge is 2.34. The minimum absolute atomic E-state index is 0.142. The molecule has 1 aliphatic rings. The van der Waals surface area contributed by atoms with Gasteiger partial charge in [0, 0.05) is 6.54 Å². The molecular formula is C16H24N2O3S. The normalized spacial score (nSPS) is 21.3. The first-order valence-corrected chi connectivity index (χ1v) is 9.48. The molecule has 1 aromatic carbocycles. The third-order valence-corrected chi connectivity index (χ3v) is 5.49. The zero-order chi connectivity index (χ0) is 16.3. The van der Waals surface area contributed by atoms with Crippen LogP contribution in [0.5, 0.6) is 0 Å². The SMILES string of the molecule is Cc1ccccc1C(C)NC(=O)C1CCCCN1S(C)(=O)=O. The van der Waals surface area contributed by atoms with Crippen LogP contribution in [-0.4, -0.2) is 37.5 Å². The fraction of sp³-hybridized carbons (Fsp3) is 0.562. The van der Waals surface area contributed by atoms with Crippen LogP contribution in [0.2, 0.25) is 0 Å². The zero-order valence-electron chi connectivity index (χ0n) is 13.4. The van der Waals surface area contributed by atoms with Crippen molar-refractivity contribution >= 4 is 15.9 Å². The number of piperidine rings is 1. The van der Waals surface area contributed by atoms with E-state index < -0.39 is 16.1 Å².